The molecule has 1 aromatic rings. The number of hydrogen-bond acceptors (Lipinski definition) is 2. The van der Waals surface area contributed by atoms with Crippen LogP contribution in [0.1, 0.15) is 31.4 Å². The number of nitrogens with one attached hydrogen (secondary N) is 1. The molecular formula is C14H22N2O. The number of carbonyl (C=O) groups is 1. The molecule has 0 heterocycles. The summed E-state index contributed by atoms with van der Waals surface area (Å²) in [5.74, 6) is 0.0231. The van der Waals surface area contributed by atoms with Gasteiger partial charge in [-0.3, -0.25) is 4.79 Å². The Labute approximate surface area is 103 Å². The molecule has 1 amide bonds. The van der Waals surface area contributed by atoms with Crippen LogP contribution in [0, 0.1) is 19.3 Å². The molecule has 17 heavy (non-hydrogen) atoms. The molecular weight excluding hydrogens is 212 g/mol. The minimum absolute atomic E-state index is 0.0231. The van der Waals surface area contributed by atoms with E-state index in [2.05, 4.69) is 11.4 Å². The summed E-state index contributed by atoms with van der Waals surface area (Å²) in [5, 5.41) is 2.97. The summed E-state index contributed by atoms with van der Waals surface area (Å²) in [7, 11) is 0. The van der Waals surface area contributed by atoms with Gasteiger partial charge in [0.25, 0.3) is 0 Å². The Morgan fingerprint density at radius 2 is 2.00 bits per heavy atom. The highest BCUT2D eigenvalue weighted by molar-refractivity contribution is 5.95. The van der Waals surface area contributed by atoms with Crippen LogP contribution in [0.15, 0.2) is 18.2 Å². The maximum Gasteiger partial charge on any atom is 0.230 e. The molecule has 0 fully saturated rings. The average Bonchev–Trinajstić information content (AvgIpc) is 2.22. The molecule has 0 aliphatic heterocycles. The second-order valence-corrected chi connectivity index (χ2v) is 5.20. The van der Waals surface area contributed by atoms with Crippen molar-refractivity contribution in [2.45, 2.75) is 34.1 Å². The molecule has 0 saturated heterocycles. The third-order valence-corrected chi connectivity index (χ3v) is 3.01. The lowest BCUT2D eigenvalue weighted by Crippen LogP contribution is -2.32. The summed E-state index contributed by atoms with van der Waals surface area (Å²) in [6, 6.07) is 6.01. The molecule has 94 valence electrons. The van der Waals surface area contributed by atoms with E-state index in [1.54, 1.807) is 0 Å². The summed E-state index contributed by atoms with van der Waals surface area (Å²) >= 11 is 0. The van der Waals surface area contributed by atoms with E-state index in [1.807, 2.05) is 39.8 Å². The summed E-state index contributed by atoms with van der Waals surface area (Å²) in [6.45, 7) is 8.39. The van der Waals surface area contributed by atoms with Gasteiger partial charge >= 0.3 is 0 Å². The fraction of sp³-hybridized carbons (Fsp3) is 0.500. The quantitative estimate of drug-likeness (QED) is 0.841. The molecule has 1 aromatic carbocycles. The van der Waals surface area contributed by atoms with Gasteiger partial charge in [-0.2, -0.15) is 0 Å². The van der Waals surface area contributed by atoms with E-state index in [0.29, 0.717) is 13.0 Å². The first kappa shape index (κ1) is 13.7. The van der Waals surface area contributed by atoms with Gasteiger partial charge in [-0.25, -0.2) is 0 Å². The maximum absolute atomic E-state index is 12.1. The molecule has 1 rings (SSSR count). The van der Waals surface area contributed by atoms with Crippen molar-refractivity contribution in [3.63, 3.8) is 0 Å². The van der Waals surface area contributed by atoms with Gasteiger partial charge in [-0.15, -0.1) is 0 Å². The first-order valence-electron chi connectivity index (χ1n) is 5.95. The van der Waals surface area contributed by atoms with Gasteiger partial charge < -0.3 is 11.1 Å². The molecule has 3 nitrogen and oxygen atoms in total. The SMILES string of the molecule is Cc1ccc(NC(=O)C(C)(C)CCN)c(C)c1. The number of benzene rings is 1. The number of amides is 1. The van der Waals surface area contributed by atoms with Crippen LogP contribution in [0.5, 0.6) is 0 Å². The topological polar surface area (TPSA) is 55.1 Å². The lowest BCUT2D eigenvalue weighted by atomic mass is 9.88. The van der Waals surface area contributed by atoms with Crippen LogP contribution in [-0.2, 0) is 4.79 Å². The molecule has 0 unspecified atom stereocenters. The van der Waals surface area contributed by atoms with Crippen LogP contribution >= 0.6 is 0 Å². The lowest BCUT2D eigenvalue weighted by molar-refractivity contribution is -0.124. The van der Waals surface area contributed by atoms with Gasteiger partial charge in [0.15, 0.2) is 0 Å². The lowest BCUT2D eigenvalue weighted by Gasteiger charge is -2.23. The van der Waals surface area contributed by atoms with Crippen molar-refractivity contribution >= 4 is 11.6 Å². The van der Waals surface area contributed by atoms with E-state index in [-0.39, 0.29) is 5.91 Å². The first-order chi connectivity index (χ1) is 7.86. The first-order valence-corrected chi connectivity index (χ1v) is 5.95. The standard InChI is InChI=1S/C14H22N2O/c1-10-5-6-12(11(2)9-10)16-13(17)14(3,4)7-8-15/h5-6,9H,7-8,15H2,1-4H3,(H,16,17). The van der Waals surface area contributed by atoms with E-state index >= 15 is 0 Å². The van der Waals surface area contributed by atoms with E-state index in [9.17, 15) is 4.79 Å². The van der Waals surface area contributed by atoms with Crippen molar-refractivity contribution < 1.29 is 4.79 Å². The highest BCUT2D eigenvalue weighted by atomic mass is 16.2. The average molecular weight is 234 g/mol. The molecule has 0 aliphatic rings. The molecule has 0 bridgehead atoms. The zero-order valence-corrected chi connectivity index (χ0v) is 11.1. The highest BCUT2D eigenvalue weighted by Crippen LogP contribution is 2.24. The van der Waals surface area contributed by atoms with Crippen molar-refractivity contribution in [2.24, 2.45) is 11.1 Å². The summed E-state index contributed by atoms with van der Waals surface area (Å²) in [5.41, 5.74) is 8.25. The zero-order chi connectivity index (χ0) is 13.1. The molecule has 0 aromatic heterocycles. The summed E-state index contributed by atoms with van der Waals surface area (Å²) in [4.78, 5) is 12.1. The predicted octanol–water partition coefficient (Wildman–Crippen LogP) is 2.62. The number of carbonyl (C=O) groups excluding carboxylic acids is 1. The second-order valence-electron chi connectivity index (χ2n) is 5.20. The molecule has 3 N–H and O–H groups in total. The van der Waals surface area contributed by atoms with E-state index in [4.69, 9.17) is 5.73 Å². The van der Waals surface area contributed by atoms with Crippen molar-refractivity contribution in [3.05, 3.63) is 29.3 Å². The Morgan fingerprint density at radius 3 is 2.53 bits per heavy atom. The Morgan fingerprint density at radius 1 is 1.35 bits per heavy atom. The third-order valence-electron chi connectivity index (χ3n) is 3.01. The van der Waals surface area contributed by atoms with Crippen LogP contribution in [0.2, 0.25) is 0 Å². The van der Waals surface area contributed by atoms with Crippen LogP contribution in [0.3, 0.4) is 0 Å². The largest absolute Gasteiger partial charge is 0.330 e. The molecule has 0 radical (unpaired) electrons. The minimum atomic E-state index is -0.425. The normalized spacial score (nSPS) is 11.4. The predicted molar refractivity (Wildman–Crippen MR) is 72.0 cm³/mol. The van der Waals surface area contributed by atoms with Crippen molar-refractivity contribution in [1.82, 2.24) is 0 Å². The smallest absolute Gasteiger partial charge is 0.230 e. The minimum Gasteiger partial charge on any atom is -0.330 e. The van der Waals surface area contributed by atoms with E-state index in [1.165, 1.54) is 5.56 Å². The number of rotatable bonds is 4. The van der Waals surface area contributed by atoms with Crippen molar-refractivity contribution in [3.8, 4) is 0 Å². The van der Waals surface area contributed by atoms with Gasteiger partial charge in [-0.05, 0) is 38.4 Å². The Hall–Kier alpha value is -1.35. The van der Waals surface area contributed by atoms with Gasteiger partial charge in [0, 0.05) is 11.1 Å². The van der Waals surface area contributed by atoms with Gasteiger partial charge in [0.1, 0.15) is 0 Å². The van der Waals surface area contributed by atoms with Crippen molar-refractivity contribution in [1.29, 1.82) is 0 Å². The van der Waals surface area contributed by atoms with E-state index < -0.39 is 5.41 Å². The van der Waals surface area contributed by atoms with Gasteiger partial charge in [-0.1, -0.05) is 31.5 Å². The summed E-state index contributed by atoms with van der Waals surface area (Å²) in [6.07, 6.45) is 0.684. The third kappa shape index (κ3) is 3.56. The fourth-order valence-corrected chi connectivity index (χ4v) is 1.72. The summed E-state index contributed by atoms with van der Waals surface area (Å²) < 4.78 is 0. The maximum atomic E-state index is 12.1. The molecule has 0 spiro atoms. The fourth-order valence-electron chi connectivity index (χ4n) is 1.72. The van der Waals surface area contributed by atoms with Gasteiger partial charge in [0.05, 0.1) is 0 Å². The van der Waals surface area contributed by atoms with E-state index in [0.717, 1.165) is 11.3 Å². The molecule has 0 saturated carbocycles. The van der Waals surface area contributed by atoms with Crippen LogP contribution in [0.4, 0.5) is 5.69 Å². The molecule has 0 atom stereocenters. The number of aryl methyl sites for hydroxylation is 2. The Kier molecular flexibility index (Phi) is 4.29. The molecule has 0 aliphatic carbocycles. The Bertz CT molecular complexity index is 411. The number of anilines is 1. The monoisotopic (exact) mass is 234 g/mol. The number of nitrogens with two attached hydrogens (primary N) is 1. The van der Waals surface area contributed by atoms with Crippen LogP contribution in [-0.4, -0.2) is 12.5 Å². The van der Waals surface area contributed by atoms with Gasteiger partial charge in [0.2, 0.25) is 5.91 Å². The second kappa shape index (κ2) is 5.32. The Balaban J connectivity index is 2.81. The molecule has 3 heteroatoms. The number of hydrogen-bond donors (Lipinski definition) is 2. The van der Waals surface area contributed by atoms with Crippen LogP contribution < -0.4 is 11.1 Å². The zero-order valence-electron chi connectivity index (χ0n) is 11.1. The van der Waals surface area contributed by atoms with Crippen molar-refractivity contribution in [2.75, 3.05) is 11.9 Å². The van der Waals surface area contributed by atoms with Crippen LogP contribution in [0.25, 0.3) is 0 Å². The highest BCUT2D eigenvalue weighted by Gasteiger charge is 2.26.